The Bertz CT molecular complexity index is 735. The Balaban J connectivity index is 1.67. The molecule has 2 aromatic rings. The third-order valence-corrected chi connectivity index (χ3v) is 4.07. The summed E-state index contributed by atoms with van der Waals surface area (Å²) in [5.74, 6) is -0.125. The number of aromatic nitrogens is 1. The van der Waals surface area contributed by atoms with Crippen LogP contribution in [0.15, 0.2) is 48.8 Å². The van der Waals surface area contributed by atoms with Crippen molar-refractivity contribution in [1.29, 1.82) is 0 Å². The van der Waals surface area contributed by atoms with Crippen molar-refractivity contribution in [3.8, 4) is 0 Å². The maximum Gasteiger partial charge on any atom is 0.416 e. The highest BCUT2D eigenvalue weighted by Gasteiger charge is 2.31. The maximum absolute atomic E-state index is 12.8. The highest BCUT2D eigenvalue weighted by Crippen LogP contribution is 2.30. The summed E-state index contributed by atoms with van der Waals surface area (Å²) in [4.78, 5) is 18.0. The normalized spacial score (nSPS) is 18.2. The van der Waals surface area contributed by atoms with Crippen LogP contribution in [0.1, 0.15) is 21.5 Å². The molecule has 1 aromatic heterocycles. The Morgan fingerprint density at radius 2 is 2.00 bits per heavy atom. The van der Waals surface area contributed by atoms with Gasteiger partial charge in [-0.3, -0.25) is 9.78 Å². The fraction of sp³-hybridized carbons (Fsp3) is 0.333. The predicted octanol–water partition coefficient (Wildman–Crippen LogP) is 3.18. The van der Waals surface area contributed by atoms with E-state index in [9.17, 15) is 18.0 Å². The molecule has 4 nitrogen and oxygen atoms in total. The maximum atomic E-state index is 12.8. The van der Waals surface area contributed by atoms with Gasteiger partial charge in [-0.25, -0.2) is 0 Å². The second-order valence-electron chi connectivity index (χ2n) is 5.88. The molecule has 1 atom stereocenters. The Hall–Kier alpha value is -2.41. The van der Waals surface area contributed by atoms with E-state index in [1.54, 1.807) is 35.5 Å². The van der Waals surface area contributed by atoms with Crippen LogP contribution < -0.4 is 0 Å². The number of nitrogens with zero attached hydrogens (tertiary/aromatic N) is 2. The quantitative estimate of drug-likeness (QED) is 0.854. The summed E-state index contributed by atoms with van der Waals surface area (Å²) in [6, 6.07) is 8.49. The van der Waals surface area contributed by atoms with Crippen LogP contribution in [0.2, 0.25) is 0 Å². The zero-order valence-corrected chi connectivity index (χ0v) is 13.4. The molecule has 0 aliphatic carbocycles. The summed E-state index contributed by atoms with van der Waals surface area (Å²) in [7, 11) is 0. The first-order valence-electron chi connectivity index (χ1n) is 7.90. The minimum Gasteiger partial charge on any atom is -0.374 e. The van der Waals surface area contributed by atoms with Gasteiger partial charge in [0.1, 0.15) is 0 Å². The molecule has 1 fully saturated rings. The molecule has 0 bridgehead atoms. The predicted molar refractivity (Wildman–Crippen MR) is 85.0 cm³/mol. The highest BCUT2D eigenvalue weighted by molar-refractivity contribution is 5.94. The van der Waals surface area contributed by atoms with E-state index < -0.39 is 11.7 Å². The summed E-state index contributed by atoms with van der Waals surface area (Å²) in [5, 5.41) is 0. The highest BCUT2D eigenvalue weighted by atomic mass is 19.4. The Morgan fingerprint density at radius 1 is 1.24 bits per heavy atom. The van der Waals surface area contributed by atoms with Crippen LogP contribution in [-0.4, -0.2) is 41.6 Å². The minimum absolute atomic E-state index is 0.125. The number of carbonyl (C=O) groups excluding carboxylic acids is 1. The molecule has 0 N–H and O–H groups in total. The van der Waals surface area contributed by atoms with Crippen molar-refractivity contribution < 1.29 is 22.7 Å². The fourth-order valence-corrected chi connectivity index (χ4v) is 2.84. The van der Waals surface area contributed by atoms with Crippen LogP contribution in [0.5, 0.6) is 0 Å². The lowest BCUT2D eigenvalue weighted by Crippen LogP contribution is -2.46. The van der Waals surface area contributed by atoms with Crippen LogP contribution >= 0.6 is 0 Å². The number of benzene rings is 1. The van der Waals surface area contributed by atoms with Gasteiger partial charge in [0.15, 0.2) is 0 Å². The van der Waals surface area contributed by atoms with Crippen LogP contribution in [0.4, 0.5) is 13.2 Å². The van der Waals surface area contributed by atoms with Crippen molar-refractivity contribution in [1.82, 2.24) is 9.88 Å². The number of carbonyl (C=O) groups is 1. The number of halogens is 3. The summed E-state index contributed by atoms with van der Waals surface area (Å²) in [6.45, 7) is 1.16. The number of rotatable bonds is 3. The first kappa shape index (κ1) is 17.4. The number of hydrogen-bond donors (Lipinski definition) is 0. The van der Waals surface area contributed by atoms with Gasteiger partial charge in [0.2, 0.25) is 0 Å². The van der Waals surface area contributed by atoms with Gasteiger partial charge in [0.05, 0.1) is 18.3 Å². The summed E-state index contributed by atoms with van der Waals surface area (Å²) < 4.78 is 44.1. The first-order valence-corrected chi connectivity index (χ1v) is 7.90. The zero-order chi connectivity index (χ0) is 17.9. The van der Waals surface area contributed by atoms with E-state index in [2.05, 4.69) is 4.98 Å². The molecule has 0 saturated carbocycles. The number of amides is 1. The van der Waals surface area contributed by atoms with Gasteiger partial charge in [0.25, 0.3) is 5.91 Å². The summed E-state index contributed by atoms with van der Waals surface area (Å²) >= 11 is 0. The van der Waals surface area contributed by atoms with Crippen LogP contribution in [0.3, 0.4) is 0 Å². The van der Waals surface area contributed by atoms with Gasteiger partial charge >= 0.3 is 6.18 Å². The third-order valence-electron chi connectivity index (χ3n) is 4.07. The molecule has 0 radical (unpaired) electrons. The van der Waals surface area contributed by atoms with E-state index in [1.165, 1.54) is 6.07 Å². The van der Waals surface area contributed by atoms with Gasteiger partial charge in [-0.05, 0) is 23.8 Å². The first-order chi connectivity index (χ1) is 11.9. The third kappa shape index (κ3) is 4.36. The van der Waals surface area contributed by atoms with Crippen molar-refractivity contribution >= 4 is 5.91 Å². The molecule has 1 amide bonds. The molecule has 1 saturated heterocycles. The molecular weight excluding hydrogens is 333 g/mol. The molecule has 7 heteroatoms. The van der Waals surface area contributed by atoms with Crippen LogP contribution in [-0.2, 0) is 17.3 Å². The molecule has 3 rings (SSSR count). The average molecular weight is 350 g/mol. The molecular formula is C18H17F3N2O2. The van der Waals surface area contributed by atoms with Crippen molar-refractivity contribution in [2.45, 2.75) is 18.7 Å². The van der Waals surface area contributed by atoms with Gasteiger partial charge in [-0.15, -0.1) is 0 Å². The van der Waals surface area contributed by atoms with Gasteiger partial charge in [-0.2, -0.15) is 13.2 Å². The number of alkyl halides is 3. The van der Waals surface area contributed by atoms with Gasteiger partial charge < -0.3 is 9.64 Å². The van der Waals surface area contributed by atoms with E-state index in [0.29, 0.717) is 37.2 Å². The summed E-state index contributed by atoms with van der Waals surface area (Å²) in [5.41, 5.74) is 0.401. The molecule has 0 unspecified atom stereocenters. The van der Waals surface area contributed by atoms with Gasteiger partial charge in [0, 0.05) is 37.5 Å². The Kier molecular flexibility index (Phi) is 5.03. The molecule has 132 valence electrons. The molecule has 1 aromatic carbocycles. The molecule has 0 spiro atoms. The Morgan fingerprint density at radius 3 is 2.72 bits per heavy atom. The molecule has 1 aliphatic heterocycles. The lowest BCUT2D eigenvalue weighted by molar-refractivity contribution is -0.137. The summed E-state index contributed by atoms with van der Waals surface area (Å²) in [6.07, 6.45) is -1.28. The number of hydrogen-bond acceptors (Lipinski definition) is 3. The van der Waals surface area contributed by atoms with Crippen molar-refractivity contribution in [2.24, 2.45) is 0 Å². The van der Waals surface area contributed by atoms with Crippen molar-refractivity contribution in [2.75, 3.05) is 19.7 Å². The lowest BCUT2D eigenvalue weighted by atomic mass is 10.0. The second kappa shape index (κ2) is 7.23. The largest absolute Gasteiger partial charge is 0.416 e. The lowest BCUT2D eigenvalue weighted by Gasteiger charge is -2.33. The minimum atomic E-state index is -4.37. The van der Waals surface area contributed by atoms with Crippen LogP contribution in [0.25, 0.3) is 0 Å². The number of morpholine rings is 1. The van der Waals surface area contributed by atoms with E-state index in [1.807, 2.05) is 0 Å². The van der Waals surface area contributed by atoms with Crippen LogP contribution in [0, 0.1) is 0 Å². The smallest absolute Gasteiger partial charge is 0.374 e. The standard InChI is InChI=1S/C18H17F3N2O2/c19-18(20,21)15-3-1-2-13(10-15)11-16-12-23(8-9-25-16)17(24)14-4-6-22-7-5-14/h1-7,10,16H,8-9,11-12H2/t16-/m1/s1. The molecule has 2 heterocycles. The van der Waals surface area contributed by atoms with E-state index in [4.69, 9.17) is 4.74 Å². The topological polar surface area (TPSA) is 42.4 Å². The average Bonchev–Trinajstić information content (AvgIpc) is 2.61. The van der Waals surface area contributed by atoms with Gasteiger partial charge in [-0.1, -0.05) is 18.2 Å². The van der Waals surface area contributed by atoms with Crippen molar-refractivity contribution in [3.63, 3.8) is 0 Å². The zero-order valence-electron chi connectivity index (χ0n) is 13.4. The molecule has 25 heavy (non-hydrogen) atoms. The monoisotopic (exact) mass is 350 g/mol. The van der Waals surface area contributed by atoms with Crippen molar-refractivity contribution in [3.05, 3.63) is 65.5 Å². The molecule has 1 aliphatic rings. The second-order valence-corrected chi connectivity index (χ2v) is 5.88. The van der Waals surface area contributed by atoms with E-state index in [-0.39, 0.29) is 12.0 Å². The van der Waals surface area contributed by atoms with E-state index >= 15 is 0 Å². The SMILES string of the molecule is O=C(c1ccncc1)N1CCO[C@H](Cc2cccc(C(F)(F)F)c2)C1. The number of ether oxygens (including phenoxy) is 1. The Labute approximate surface area is 143 Å². The number of pyridine rings is 1. The fourth-order valence-electron chi connectivity index (χ4n) is 2.84. The van der Waals surface area contributed by atoms with E-state index in [0.717, 1.165) is 12.1 Å².